The van der Waals surface area contributed by atoms with Gasteiger partial charge in [0.2, 0.25) is 0 Å². The number of hydrogen-bond donors (Lipinski definition) is 2. The van der Waals surface area contributed by atoms with E-state index >= 15 is 0 Å². The highest BCUT2D eigenvalue weighted by molar-refractivity contribution is 5.99. The van der Waals surface area contributed by atoms with Crippen molar-refractivity contribution in [1.82, 2.24) is 5.32 Å². The van der Waals surface area contributed by atoms with Crippen molar-refractivity contribution in [3.63, 3.8) is 0 Å². The summed E-state index contributed by atoms with van der Waals surface area (Å²) in [6, 6.07) is 4.62. The predicted molar refractivity (Wildman–Crippen MR) is 69.6 cm³/mol. The van der Waals surface area contributed by atoms with Crippen molar-refractivity contribution < 1.29 is 22.7 Å². The first-order valence-electron chi connectivity index (χ1n) is 6.12. The van der Waals surface area contributed by atoms with Crippen LogP contribution in [-0.4, -0.2) is 25.7 Å². The average molecular weight is 290 g/mol. The molecule has 0 aliphatic carbocycles. The number of ether oxygens (including phenoxy) is 1. The van der Waals surface area contributed by atoms with E-state index in [0.29, 0.717) is 5.75 Å². The Morgan fingerprint density at radius 3 is 2.60 bits per heavy atom. The minimum absolute atomic E-state index is 0.0120. The lowest BCUT2D eigenvalue weighted by atomic mass is 10.1. The summed E-state index contributed by atoms with van der Waals surface area (Å²) in [5, 5.41) is 2.54. The van der Waals surface area contributed by atoms with Gasteiger partial charge in [-0.25, -0.2) is 0 Å². The first-order chi connectivity index (χ1) is 9.33. The first kappa shape index (κ1) is 16.1. The smallest absolute Gasteiger partial charge is 0.389 e. The molecule has 0 unspecified atom stereocenters. The Hall–Kier alpha value is -1.92. The van der Waals surface area contributed by atoms with E-state index in [2.05, 4.69) is 5.32 Å². The van der Waals surface area contributed by atoms with Gasteiger partial charge in [-0.2, -0.15) is 13.2 Å². The van der Waals surface area contributed by atoms with Crippen molar-refractivity contribution in [1.29, 1.82) is 0 Å². The van der Waals surface area contributed by atoms with Crippen LogP contribution >= 0.6 is 0 Å². The van der Waals surface area contributed by atoms with Crippen LogP contribution in [0.1, 0.15) is 29.6 Å². The molecule has 0 bridgehead atoms. The van der Waals surface area contributed by atoms with Crippen LogP contribution in [0.4, 0.5) is 18.9 Å². The molecule has 1 amide bonds. The number of carbonyl (C=O) groups is 1. The number of rotatable bonds is 6. The minimum atomic E-state index is -4.15. The van der Waals surface area contributed by atoms with Crippen LogP contribution in [0.2, 0.25) is 0 Å². The summed E-state index contributed by atoms with van der Waals surface area (Å²) in [5.74, 6) is 0.126. The summed E-state index contributed by atoms with van der Waals surface area (Å²) < 4.78 is 40.7. The Bertz CT molecular complexity index is 461. The zero-order valence-electron chi connectivity index (χ0n) is 11.1. The lowest BCUT2D eigenvalue weighted by Gasteiger charge is -2.09. The maximum atomic E-state index is 11.9. The van der Waals surface area contributed by atoms with Crippen molar-refractivity contribution in [2.24, 2.45) is 0 Å². The van der Waals surface area contributed by atoms with Gasteiger partial charge in [-0.15, -0.1) is 0 Å². The summed E-state index contributed by atoms with van der Waals surface area (Å²) in [4.78, 5) is 11.8. The number of nitrogens with two attached hydrogens (primary N) is 1. The summed E-state index contributed by atoms with van der Waals surface area (Å²) in [5.41, 5.74) is 6.24. The van der Waals surface area contributed by atoms with Crippen molar-refractivity contribution in [2.45, 2.75) is 25.4 Å². The molecule has 1 aromatic rings. The molecule has 1 rings (SSSR count). The molecule has 20 heavy (non-hydrogen) atoms. The van der Waals surface area contributed by atoms with Crippen LogP contribution in [0, 0.1) is 0 Å². The number of carbonyl (C=O) groups excluding carboxylic acids is 1. The third-order valence-electron chi connectivity index (χ3n) is 2.68. The highest BCUT2D eigenvalue weighted by Gasteiger charge is 2.25. The molecule has 4 nitrogen and oxygen atoms in total. The molecular formula is C13H17F3N2O2. The van der Waals surface area contributed by atoms with Crippen molar-refractivity contribution in [3.8, 4) is 5.75 Å². The van der Waals surface area contributed by atoms with E-state index in [1.807, 2.05) is 0 Å². The highest BCUT2D eigenvalue weighted by Crippen LogP contribution is 2.22. The van der Waals surface area contributed by atoms with Gasteiger partial charge in [0, 0.05) is 24.7 Å². The number of amides is 1. The number of methoxy groups -OCH3 is 1. The van der Waals surface area contributed by atoms with Crippen LogP contribution in [0.15, 0.2) is 18.2 Å². The number of benzene rings is 1. The Morgan fingerprint density at radius 2 is 2.05 bits per heavy atom. The summed E-state index contributed by atoms with van der Waals surface area (Å²) in [7, 11) is 1.48. The zero-order chi connectivity index (χ0) is 15.2. The third kappa shape index (κ3) is 5.38. The zero-order valence-corrected chi connectivity index (χ0v) is 11.1. The average Bonchev–Trinajstić information content (AvgIpc) is 2.36. The third-order valence-corrected chi connectivity index (χ3v) is 2.68. The van der Waals surface area contributed by atoms with Crippen molar-refractivity contribution in [2.75, 3.05) is 19.4 Å². The number of alkyl halides is 3. The summed E-state index contributed by atoms with van der Waals surface area (Å²) >= 11 is 0. The number of anilines is 1. The quantitative estimate of drug-likeness (QED) is 0.625. The molecule has 7 heteroatoms. The predicted octanol–water partition coefficient (Wildman–Crippen LogP) is 2.74. The van der Waals surface area contributed by atoms with E-state index in [4.69, 9.17) is 10.5 Å². The number of nitrogens with one attached hydrogen (secondary N) is 1. The molecule has 0 aliphatic rings. The van der Waals surface area contributed by atoms with Gasteiger partial charge < -0.3 is 15.8 Å². The molecule has 1 aromatic carbocycles. The fourth-order valence-corrected chi connectivity index (χ4v) is 1.62. The van der Waals surface area contributed by atoms with Gasteiger partial charge in [0.25, 0.3) is 5.91 Å². The second-order valence-corrected chi connectivity index (χ2v) is 4.28. The van der Waals surface area contributed by atoms with Crippen LogP contribution in [0.3, 0.4) is 0 Å². The fraction of sp³-hybridized carbons (Fsp3) is 0.462. The molecule has 0 aliphatic heterocycles. The van der Waals surface area contributed by atoms with Gasteiger partial charge in [-0.1, -0.05) is 0 Å². The number of hydrogen-bond acceptors (Lipinski definition) is 3. The van der Waals surface area contributed by atoms with Gasteiger partial charge in [0.1, 0.15) is 5.75 Å². The SMILES string of the molecule is COc1ccc(C(=O)NCCCCC(F)(F)F)c(N)c1. The van der Waals surface area contributed by atoms with Crippen LogP contribution in [0.25, 0.3) is 0 Å². The standard InChI is InChI=1S/C13H17F3N2O2/c1-20-9-4-5-10(11(17)8-9)12(19)18-7-3-2-6-13(14,15)16/h4-5,8H,2-3,6-7,17H2,1H3,(H,18,19). The van der Waals surface area contributed by atoms with Crippen molar-refractivity contribution in [3.05, 3.63) is 23.8 Å². The van der Waals surface area contributed by atoms with E-state index in [0.717, 1.165) is 0 Å². The number of unbranched alkanes of at least 4 members (excludes halogenated alkanes) is 1. The van der Waals surface area contributed by atoms with E-state index in [-0.39, 0.29) is 30.6 Å². The maximum absolute atomic E-state index is 11.9. The van der Waals surface area contributed by atoms with Crippen LogP contribution in [-0.2, 0) is 0 Å². The molecule has 0 saturated carbocycles. The Morgan fingerprint density at radius 1 is 1.35 bits per heavy atom. The molecule has 0 spiro atoms. The van der Waals surface area contributed by atoms with E-state index in [1.54, 1.807) is 6.07 Å². The second kappa shape index (κ2) is 7.02. The molecule has 0 heterocycles. The molecule has 0 radical (unpaired) electrons. The molecule has 112 valence electrons. The lowest BCUT2D eigenvalue weighted by Crippen LogP contribution is -2.25. The van der Waals surface area contributed by atoms with E-state index in [9.17, 15) is 18.0 Å². The number of nitrogen functional groups attached to an aromatic ring is 1. The maximum Gasteiger partial charge on any atom is 0.389 e. The Kier molecular flexibility index (Phi) is 5.66. The minimum Gasteiger partial charge on any atom is -0.497 e. The summed E-state index contributed by atoms with van der Waals surface area (Å²) in [6.45, 7) is 0.181. The van der Waals surface area contributed by atoms with Gasteiger partial charge in [-0.05, 0) is 25.0 Å². The van der Waals surface area contributed by atoms with E-state index < -0.39 is 18.5 Å². The van der Waals surface area contributed by atoms with Crippen LogP contribution < -0.4 is 15.8 Å². The van der Waals surface area contributed by atoms with Gasteiger partial charge in [0.15, 0.2) is 0 Å². The Labute approximate surface area is 115 Å². The highest BCUT2D eigenvalue weighted by atomic mass is 19.4. The monoisotopic (exact) mass is 290 g/mol. The Balaban J connectivity index is 2.40. The fourth-order valence-electron chi connectivity index (χ4n) is 1.62. The largest absolute Gasteiger partial charge is 0.497 e. The lowest BCUT2D eigenvalue weighted by molar-refractivity contribution is -0.135. The van der Waals surface area contributed by atoms with Gasteiger partial charge >= 0.3 is 6.18 Å². The normalized spacial score (nSPS) is 11.2. The molecule has 0 saturated heterocycles. The first-order valence-corrected chi connectivity index (χ1v) is 6.12. The van der Waals surface area contributed by atoms with Crippen molar-refractivity contribution >= 4 is 11.6 Å². The van der Waals surface area contributed by atoms with Gasteiger partial charge in [0.05, 0.1) is 12.7 Å². The molecule has 0 aromatic heterocycles. The molecular weight excluding hydrogens is 273 g/mol. The van der Waals surface area contributed by atoms with Gasteiger partial charge in [-0.3, -0.25) is 4.79 Å². The second-order valence-electron chi connectivity index (χ2n) is 4.28. The molecule has 0 fully saturated rings. The topological polar surface area (TPSA) is 64.3 Å². The molecule has 3 N–H and O–H groups in total. The van der Waals surface area contributed by atoms with E-state index in [1.165, 1.54) is 19.2 Å². The van der Waals surface area contributed by atoms with Crippen LogP contribution in [0.5, 0.6) is 5.75 Å². The molecule has 0 atom stereocenters. The number of halogens is 3. The summed E-state index contributed by atoms with van der Waals surface area (Å²) in [6.07, 6.45) is -4.73.